The summed E-state index contributed by atoms with van der Waals surface area (Å²) in [6, 6.07) is 5.84. The molecule has 0 aliphatic heterocycles. The van der Waals surface area contributed by atoms with E-state index in [2.05, 4.69) is 5.32 Å². The monoisotopic (exact) mass is 281 g/mol. The van der Waals surface area contributed by atoms with E-state index in [0.29, 0.717) is 12.3 Å². The number of benzene rings is 1. The number of rotatable bonds is 6. The minimum absolute atomic E-state index is 0.121. The maximum atomic E-state index is 11.8. The van der Waals surface area contributed by atoms with Crippen molar-refractivity contribution < 1.29 is 19.4 Å². The third kappa shape index (κ3) is 4.43. The summed E-state index contributed by atoms with van der Waals surface area (Å²) in [5, 5.41) is 11.1. The number of carboxylic acids is 1. The molecule has 1 aromatic rings. The van der Waals surface area contributed by atoms with Crippen molar-refractivity contribution in [2.45, 2.75) is 12.6 Å². The summed E-state index contributed by atoms with van der Waals surface area (Å²) in [6.45, 7) is 0.225. The summed E-state index contributed by atoms with van der Waals surface area (Å²) in [4.78, 5) is 23.8. The molecule has 0 bridgehead atoms. The van der Waals surface area contributed by atoms with E-state index in [4.69, 9.17) is 15.6 Å². The number of hydrogen-bond acceptors (Lipinski definition) is 4. The third-order valence-electron chi connectivity index (χ3n) is 2.74. The van der Waals surface area contributed by atoms with Gasteiger partial charge in [0.2, 0.25) is 0 Å². The molecule has 1 rings (SSSR count). The van der Waals surface area contributed by atoms with Crippen LogP contribution in [-0.2, 0) is 11.3 Å². The molecule has 0 aromatic heterocycles. The van der Waals surface area contributed by atoms with Crippen LogP contribution in [0, 0.1) is 0 Å². The van der Waals surface area contributed by atoms with E-state index in [-0.39, 0.29) is 6.54 Å². The van der Waals surface area contributed by atoms with Crippen LogP contribution in [0.4, 0.5) is 4.79 Å². The molecule has 0 aliphatic rings. The topological polar surface area (TPSA) is 105 Å². The van der Waals surface area contributed by atoms with Gasteiger partial charge in [-0.3, -0.25) is 4.79 Å². The fraction of sp³-hybridized carbons (Fsp3) is 0.385. The molecule has 2 amide bonds. The van der Waals surface area contributed by atoms with Crippen LogP contribution in [0.5, 0.6) is 5.75 Å². The molecule has 0 spiro atoms. The first-order valence-corrected chi connectivity index (χ1v) is 6.05. The maximum absolute atomic E-state index is 11.8. The number of para-hydroxylation sites is 1. The molecule has 7 nitrogen and oxygen atoms in total. The molecule has 7 heteroatoms. The van der Waals surface area contributed by atoms with Crippen molar-refractivity contribution in [1.82, 2.24) is 10.2 Å². The Bertz CT molecular complexity index is 478. The van der Waals surface area contributed by atoms with Gasteiger partial charge >= 0.3 is 12.0 Å². The van der Waals surface area contributed by atoms with Crippen molar-refractivity contribution in [3.8, 4) is 5.75 Å². The molecule has 0 unspecified atom stereocenters. The predicted octanol–water partition coefficient (Wildman–Crippen LogP) is 0.249. The summed E-state index contributed by atoms with van der Waals surface area (Å²) < 4.78 is 5.20. The fourth-order valence-corrected chi connectivity index (χ4v) is 1.58. The second-order valence-corrected chi connectivity index (χ2v) is 4.30. The van der Waals surface area contributed by atoms with Crippen LogP contribution in [0.3, 0.4) is 0 Å². The lowest BCUT2D eigenvalue weighted by Crippen LogP contribution is -2.46. The van der Waals surface area contributed by atoms with Crippen molar-refractivity contribution in [3.63, 3.8) is 0 Å². The summed E-state index contributed by atoms with van der Waals surface area (Å²) in [5.74, 6) is -0.466. The summed E-state index contributed by atoms with van der Waals surface area (Å²) in [5.41, 5.74) is 6.17. The van der Waals surface area contributed by atoms with Gasteiger partial charge in [-0.1, -0.05) is 18.2 Å². The zero-order valence-electron chi connectivity index (χ0n) is 11.5. The van der Waals surface area contributed by atoms with Gasteiger partial charge in [-0.05, 0) is 6.07 Å². The number of amides is 2. The predicted molar refractivity (Wildman–Crippen MR) is 73.5 cm³/mol. The van der Waals surface area contributed by atoms with E-state index < -0.39 is 18.0 Å². The Morgan fingerprint density at radius 3 is 2.70 bits per heavy atom. The van der Waals surface area contributed by atoms with Crippen LogP contribution in [0.15, 0.2) is 24.3 Å². The number of carbonyl (C=O) groups is 2. The number of nitrogens with two attached hydrogens (primary N) is 1. The average molecular weight is 281 g/mol. The number of nitrogens with zero attached hydrogens (tertiary/aromatic N) is 1. The highest BCUT2D eigenvalue weighted by Crippen LogP contribution is 2.18. The molecule has 0 saturated heterocycles. The van der Waals surface area contributed by atoms with E-state index in [9.17, 15) is 9.59 Å². The zero-order valence-corrected chi connectivity index (χ0v) is 11.5. The van der Waals surface area contributed by atoms with Gasteiger partial charge < -0.3 is 25.8 Å². The normalized spacial score (nSPS) is 11.6. The van der Waals surface area contributed by atoms with Crippen molar-refractivity contribution in [2.24, 2.45) is 5.73 Å². The lowest BCUT2D eigenvalue weighted by molar-refractivity contribution is -0.138. The standard InChI is InChI=1S/C13H19N3O4/c1-16(13(19)15-7-10(14)12(17)18)8-9-5-3-4-6-11(9)20-2/h3-6,10H,7-8,14H2,1-2H3,(H,15,19)(H,17,18)/t10-/m0/s1. The summed E-state index contributed by atoms with van der Waals surface area (Å²) in [7, 11) is 3.17. The van der Waals surface area contributed by atoms with Gasteiger partial charge in [0.15, 0.2) is 0 Å². The fourth-order valence-electron chi connectivity index (χ4n) is 1.58. The lowest BCUT2D eigenvalue weighted by atomic mass is 10.2. The Labute approximate surface area is 117 Å². The molecule has 1 atom stereocenters. The van der Waals surface area contributed by atoms with Gasteiger partial charge in [-0.2, -0.15) is 0 Å². The van der Waals surface area contributed by atoms with Crippen LogP contribution in [0.25, 0.3) is 0 Å². The van der Waals surface area contributed by atoms with Gasteiger partial charge in [0.1, 0.15) is 11.8 Å². The average Bonchev–Trinajstić information content (AvgIpc) is 2.44. The number of methoxy groups -OCH3 is 1. The largest absolute Gasteiger partial charge is 0.496 e. The first kappa shape index (κ1) is 15.8. The SMILES string of the molecule is COc1ccccc1CN(C)C(=O)NC[C@H](N)C(=O)O. The van der Waals surface area contributed by atoms with Gasteiger partial charge in [-0.15, -0.1) is 0 Å². The van der Waals surface area contributed by atoms with Crippen molar-refractivity contribution in [1.29, 1.82) is 0 Å². The number of carbonyl (C=O) groups excluding carboxylic acids is 1. The quantitative estimate of drug-likeness (QED) is 0.693. The number of aliphatic carboxylic acids is 1. The lowest BCUT2D eigenvalue weighted by Gasteiger charge is -2.20. The number of ether oxygens (including phenoxy) is 1. The van der Waals surface area contributed by atoms with E-state index in [1.165, 1.54) is 4.90 Å². The number of hydrogen-bond donors (Lipinski definition) is 3. The van der Waals surface area contributed by atoms with Crippen LogP contribution in [0.2, 0.25) is 0 Å². The smallest absolute Gasteiger partial charge is 0.322 e. The number of nitrogens with one attached hydrogen (secondary N) is 1. The van der Waals surface area contributed by atoms with Gasteiger partial charge in [0.05, 0.1) is 13.7 Å². The molecule has 4 N–H and O–H groups in total. The second kappa shape index (κ2) is 7.34. The van der Waals surface area contributed by atoms with Crippen LogP contribution < -0.4 is 15.8 Å². The molecule has 0 saturated carbocycles. The Kier molecular flexibility index (Phi) is 5.79. The number of urea groups is 1. The highest BCUT2D eigenvalue weighted by atomic mass is 16.5. The highest BCUT2D eigenvalue weighted by Gasteiger charge is 2.15. The van der Waals surface area contributed by atoms with Crippen LogP contribution in [-0.4, -0.2) is 48.8 Å². The van der Waals surface area contributed by atoms with Crippen LogP contribution >= 0.6 is 0 Å². The van der Waals surface area contributed by atoms with E-state index in [1.54, 1.807) is 20.2 Å². The molecule has 0 aliphatic carbocycles. The zero-order chi connectivity index (χ0) is 15.1. The summed E-state index contributed by atoms with van der Waals surface area (Å²) in [6.07, 6.45) is 0. The molecule has 20 heavy (non-hydrogen) atoms. The van der Waals surface area contributed by atoms with Crippen molar-refractivity contribution >= 4 is 12.0 Å². The minimum Gasteiger partial charge on any atom is -0.496 e. The van der Waals surface area contributed by atoms with Gasteiger partial charge in [0, 0.05) is 19.2 Å². The van der Waals surface area contributed by atoms with Crippen molar-refractivity contribution in [2.75, 3.05) is 20.7 Å². The Morgan fingerprint density at radius 2 is 2.10 bits per heavy atom. The molecule has 0 heterocycles. The Hall–Kier alpha value is -2.28. The molecule has 0 fully saturated rings. The molecule has 0 radical (unpaired) electrons. The van der Waals surface area contributed by atoms with E-state index in [0.717, 1.165) is 5.56 Å². The Balaban J connectivity index is 2.55. The maximum Gasteiger partial charge on any atom is 0.322 e. The van der Waals surface area contributed by atoms with Gasteiger partial charge in [0.25, 0.3) is 0 Å². The highest BCUT2D eigenvalue weighted by molar-refractivity contribution is 5.77. The van der Waals surface area contributed by atoms with Crippen molar-refractivity contribution in [3.05, 3.63) is 29.8 Å². The first-order valence-electron chi connectivity index (χ1n) is 6.05. The number of carboxylic acid groups (broad SMARTS) is 1. The first-order chi connectivity index (χ1) is 9.45. The Morgan fingerprint density at radius 1 is 1.45 bits per heavy atom. The van der Waals surface area contributed by atoms with Gasteiger partial charge in [-0.25, -0.2) is 4.79 Å². The molecule has 1 aromatic carbocycles. The van der Waals surface area contributed by atoms with Crippen LogP contribution in [0.1, 0.15) is 5.56 Å². The minimum atomic E-state index is -1.15. The second-order valence-electron chi connectivity index (χ2n) is 4.30. The molecule has 110 valence electrons. The molecular formula is C13H19N3O4. The molecular weight excluding hydrogens is 262 g/mol. The summed E-state index contributed by atoms with van der Waals surface area (Å²) >= 11 is 0. The van der Waals surface area contributed by atoms with E-state index >= 15 is 0 Å². The van der Waals surface area contributed by atoms with E-state index in [1.807, 2.05) is 18.2 Å². The third-order valence-corrected chi connectivity index (χ3v) is 2.74.